The molecule has 4 saturated carbocycles. The second-order valence-electron chi connectivity index (χ2n) is 14.4. The molecule has 5 aliphatic rings. The molecular formula is C31H48O4. The van der Waals surface area contributed by atoms with E-state index in [1.165, 1.54) is 7.11 Å². The Balaban J connectivity index is 1.62. The quantitative estimate of drug-likeness (QED) is 0.453. The second-order valence-corrected chi connectivity index (χ2v) is 14.4. The monoisotopic (exact) mass is 485 g/mol. The van der Waals surface area contributed by atoms with Crippen LogP contribution < -0.4 is 0 Å². The molecule has 0 aromatic rings. The number of Topliss-reactive ketones (excluding diaryl/α,β-unsaturated/α-hetero) is 1. The highest BCUT2D eigenvalue weighted by molar-refractivity contribution is 6.05. The summed E-state index contributed by atoms with van der Waals surface area (Å²) in [7, 11) is 1.47. The molecule has 0 heterocycles. The minimum Gasteiger partial charge on any atom is -0.468 e. The average molecular weight is 486 g/mol. The van der Waals surface area contributed by atoms with Crippen molar-refractivity contribution in [1.82, 2.24) is 0 Å². The zero-order valence-electron chi connectivity index (χ0n) is 24.3. The van der Waals surface area contributed by atoms with Gasteiger partial charge in [0, 0.05) is 6.42 Å². The second kappa shape index (κ2) is 7.68. The number of esters is 1. The molecule has 196 valence electrons. The molecule has 4 nitrogen and oxygen atoms in total. The maximum Gasteiger partial charge on any atom is 0.316 e. The van der Waals surface area contributed by atoms with Gasteiger partial charge in [-0.1, -0.05) is 48.5 Å². The molecule has 0 radical (unpaired) electrons. The van der Waals surface area contributed by atoms with Gasteiger partial charge in [0.1, 0.15) is 0 Å². The fourth-order valence-corrected chi connectivity index (χ4v) is 10.9. The lowest BCUT2D eigenvalue weighted by Gasteiger charge is -2.72. The summed E-state index contributed by atoms with van der Waals surface area (Å²) in [6, 6.07) is 0. The van der Waals surface area contributed by atoms with Crippen LogP contribution >= 0.6 is 0 Å². The largest absolute Gasteiger partial charge is 0.468 e. The van der Waals surface area contributed by atoms with Gasteiger partial charge in [0.25, 0.3) is 0 Å². The summed E-state index contributed by atoms with van der Waals surface area (Å²) in [4.78, 5) is 26.8. The summed E-state index contributed by atoms with van der Waals surface area (Å²) in [5, 5.41) is 11.1. The van der Waals surface area contributed by atoms with E-state index in [1.54, 1.807) is 0 Å². The van der Waals surface area contributed by atoms with Gasteiger partial charge in [-0.15, -0.1) is 0 Å². The van der Waals surface area contributed by atoms with Gasteiger partial charge in [0.15, 0.2) is 5.78 Å². The van der Waals surface area contributed by atoms with E-state index in [-0.39, 0.29) is 46.3 Å². The molecule has 1 N–H and O–H groups in total. The summed E-state index contributed by atoms with van der Waals surface area (Å²) in [6.45, 7) is 15.9. The Kier molecular flexibility index (Phi) is 5.31. The van der Waals surface area contributed by atoms with Crippen LogP contribution in [0.5, 0.6) is 0 Å². The lowest BCUT2D eigenvalue weighted by atomic mass is 9.33. The standard InChI is InChI=1S/C31H48O4/c1-18(2)24-20(32)17-31(26(34)35-8)16-15-29(6)19(25(24)31)9-10-22-28(5)13-12-23(33)27(3,4)21(28)11-14-30(22,29)7/h18-19,21-23,33H,9-17H2,1-8H3/t19-,21+,22-,23+,28+,29-,30-,31-/m1/s1/i23D. The molecule has 0 saturated heterocycles. The first-order valence-corrected chi connectivity index (χ1v) is 14.1. The van der Waals surface area contributed by atoms with Gasteiger partial charge in [-0.3, -0.25) is 9.59 Å². The van der Waals surface area contributed by atoms with Gasteiger partial charge in [-0.05, 0) is 108 Å². The third-order valence-corrected chi connectivity index (χ3v) is 12.8. The molecule has 0 aliphatic heterocycles. The number of allylic oxidation sites excluding steroid dienone is 1. The number of ketones is 1. The van der Waals surface area contributed by atoms with Crippen molar-refractivity contribution in [3.05, 3.63) is 11.1 Å². The highest BCUT2D eigenvalue weighted by Crippen LogP contribution is 2.76. The summed E-state index contributed by atoms with van der Waals surface area (Å²) in [6.07, 6.45) is 6.15. The van der Waals surface area contributed by atoms with Crippen LogP contribution in [0.15, 0.2) is 11.1 Å². The van der Waals surface area contributed by atoms with Gasteiger partial charge < -0.3 is 9.84 Å². The van der Waals surface area contributed by atoms with Gasteiger partial charge in [0.2, 0.25) is 0 Å². The summed E-state index contributed by atoms with van der Waals surface area (Å²) in [5.41, 5.74) is 0.995. The Hall–Kier alpha value is -1.16. The van der Waals surface area contributed by atoms with Crippen LogP contribution in [0, 0.1) is 50.7 Å². The van der Waals surface area contributed by atoms with Crippen LogP contribution in [0.4, 0.5) is 0 Å². The number of hydrogen-bond donors (Lipinski definition) is 1. The molecule has 4 fully saturated rings. The zero-order chi connectivity index (χ0) is 26.7. The molecule has 0 aromatic carbocycles. The number of hydrogen-bond acceptors (Lipinski definition) is 4. The van der Waals surface area contributed by atoms with Crippen LogP contribution in [0.2, 0.25) is 0 Å². The highest BCUT2D eigenvalue weighted by Gasteiger charge is 2.71. The Bertz CT molecular complexity index is 1030. The minimum atomic E-state index is -1.38. The van der Waals surface area contributed by atoms with Gasteiger partial charge in [-0.25, -0.2) is 0 Å². The Morgan fingerprint density at radius 2 is 1.66 bits per heavy atom. The van der Waals surface area contributed by atoms with E-state index in [1.807, 2.05) is 0 Å². The minimum absolute atomic E-state index is 0.000366. The lowest BCUT2D eigenvalue weighted by Crippen LogP contribution is -2.65. The number of methoxy groups -OCH3 is 1. The predicted octanol–water partition coefficient (Wildman–Crippen LogP) is 6.50. The number of fused-ring (bicyclic) bond motifs is 7. The number of aliphatic hydroxyl groups is 1. The third-order valence-electron chi connectivity index (χ3n) is 12.8. The number of ether oxygens (including phenoxy) is 1. The Morgan fingerprint density at radius 1 is 0.971 bits per heavy atom. The zero-order valence-corrected chi connectivity index (χ0v) is 23.3. The third kappa shape index (κ3) is 2.95. The number of carbonyl (C=O) groups excluding carboxylic acids is 2. The highest BCUT2D eigenvalue weighted by atomic mass is 16.5. The van der Waals surface area contributed by atoms with Gasteiger partial charge in [-0.2, -0.15) is 0 Å². The van der Waals surface area contributed by atoms with Crippen LogP contribution in [-0.2, 0) is 14.3 Å². The molecule has 0 amide bonds. The molecule has 0 unspecified atom stereocenters. The fraction of sp³-hybridized carbons (Fsp3) is 0.871. The first kappa shape index (κ1) is 24.2. The number of carbonyl (C=O) groups is 2. The van der Waals surface area contributed by atoms with Crippen molar-refractivity contribution in [3.8, 4) is 0 Å². The maximum atomic E-state index is 13.4. The van der Waals surface area contributed by atoms with Crippen LogP contribution in [0.1, 0.15) is 108 Å². The van der Waals surface area contributed by atoms with Gasteiger partial charge in [0.05, 0.1) is 20.0 Å². The lowest BCUT2D eigenvalue weighted by molar-refractivity contribution is -0.229. The average Bonchev–Trinajstić information content (AvgIpc) is 3.10. The summed E-state index contributed by atoms with van der Waals surface area (Å²) in [5.74, 6) is 1.09. The predicted molar refractivity (Wildman–Crippen MR) is 137 cm³/mol. The molecule has 5 aliphatic carbocycles. The SMILES string of the molecule is [2H][C@]1(O)CC[C@]2(C)[C@H]3CC[C@@H]4C5=C(C(C)C)C(=O)C[C@]5(C(=O)OC)CC[C@@]4(C)[C@]3(C)CC[C@H]2C1(C)C. The molecule has 5 rings (SSSR count). The van der Waals surface area contributed by atoms with E-state index in [0.29, 0.717) is 24.7 Å². The van der Waals surface area contributed by atoms with Crippen molar-refractivity contribution in [3.63, 3.8) is 0 Å². The Morgan fingerprint density at radius 3 is 2.29 bits per heavy atom. The van der Waals surface area contributed by atoms with Crippen molar-refractivity contribution >= 4 is 11.8 Å². The molecule has 35 heavy (non-hydrogen) atoms. The van der Waals surface area contributed by atoms with Crippen molar-refractivity contribution in [2.75, 3.05) is 7.11 Å². The van der Waals surface area contributed by atoms with E-state index in [9.17, 15) is 14.7 Å². The first-order valence-electron chi connectivity index (χ1n) is 14.6. The normalized spacial score (nSPS) is 51.2. The van der Waals surface area contributed by atoms with E-state index in [2.05, 4.69) is 48.5 Å². The van der Waals surface area contributed by atoms with Crippen LogP contribution in [-0.4, -0.2) is 30.0 Å². The van der Waals surface area contributed by atoms with Crippen LogP contribution in [0.3, 0.4) is 0 Å². The van der Waals surface area contributed by atoms with E-state index >= 15 is 0 Å². The smallest absolute Gasteiger partial charge is 0.316 e. The van der Waals surface area contributed by atoms with Crippen molar-refractivity contribution in [2.24, 2.45) is 50.7 Å². The topological polar surface area (TPSA) is 63.6 Å². The molecule has 0 aromatic heterocycles. The molecule has 8 atom stereocenters. The van der Waals surface area contributed by atoms with E-state index < -0.39 is 16.9 Å². The van der Waals surface area contributed by atoms with E-state index in [0.717, 1.165) is 49.7 Å². The summed E-state index contributed by atoms with van der Waals surface area (Å²) < 4.78 is 14.1. The summed E-state index contributed by atoms with van der Waals surface area (Å²) >= 11 is 0. The Labute approximate surface area is 214 Å². The first-order chi connectivity index (χ1) is 16.5. The fourth-order valence-electron chi connectivity index (χ4n) is 10.9. The van der Waals surface area contributed by atoms with E-state index in [4.69, 9.17) is 6.11 Å². The van der Waals surface area contributed by atoms with Crippen LogP contribution in [0.25, 0.3) is 0 Å². The maximum absolute atomic E-state index is 13.4. The molecular weight excluding hydrogens is 436 g/mol. The molecule has 4 heteroatoms. The van der Waals surface area contributed by atoms with Crippen molar-refractivity contribution in [1.29, 1.82) is 0 Å². The molecule has 0 bridgehead atoms. The molecule has 0 spiro atoms. The van der Waals surface area contributed by atoms with Crippen molar-refractivity contribution < 1.29 is 20.8 Å². The van der Waals surface area contributed by atoms with Gasteiger partial charge >= 0.3 is 5.97 Å². The van der Waals surface area contributed by atoms with Crippen molar-refractivity contribution in [2.45, 2.75) is 112 Å². The number of rotatable bonds is 2.